The molecule has 0 bridgehead atoms. The van der Waals surface area contributed by atoms with Crippen LogP contribution >= 0.6 is 0 Å². The van der Waals surface area contributed by atoms with E-state index in [9.17, 15) is 18.0 Å². The lowest BCUT2D eigenvalue weighted by molar-refractivity contribution is -0.131. The lowest BCUT2D eigenvalue weighted by atomic mass is 10.1. The number of carbonyl (C=O) groups is 1. The van der Waals surface area contributed by atoms with E-state index in [1.54, 1.807) is 6.07 Å². The Balaban J connectivity index is 1.80. The largest absolute Gasteiger partial charge is 0.315 e. The van der Waals surface area contributed by atoms with Crippen molar-refractivity contribution in [3.63, 3.8) is 0 Å². The Bertz CT molecular complexity index is 1200. The molecule has 2 aromatic heterocycles. The van der Waals surface area contributed by atoms with Gasteiger partial charge in [-0.25, -0.2) is 18.6 Å². The predicted octanol–water partition coefficient (Wildman–Crippen LogP) is 0.190. The zero-order chi connectivity index (χ0) is 21.9. The molecule has 12 heteroatoms. The van der Waals surface area contributed by atoms with Crippen molar-refractivity contribution in [3.8, 4) is 16.8 Å². The summed E-state index contributed by atoms with van der Waals surface area (Å²) in [5.74, 6) is -1.04. The van der Waals surface area contributed by atoms with E-state index in [1.165, 1.54) is 40.2 Å². The Morgan fingerprint density at radius 2 is 1.90 bits per heavy atom. The Morgan fingerprint density at radius 1 is 1.20 bits per heavy atom. The number of nitrogens with zero attached hydrogens (tertiary/aromatic N) is 5. The number of tetrazole rings is 1. The minimum absolute atomic E-state index is 0.0195. The van der Waals surface area contributed by atoms with E-state index in [1.807, 2.05) is 24.3 Å². The zero-order valence-corrected chi connectivity index (χ0v) is 17.1. The molecule has 0 aliphatic carbocycles. The van der Waals surface area contributed by atoms with Crippen LogP contribution < -0.4 is 11.0 Å². The molecule has 2 N–H and O–H groups in total. The van der Waals surface area contributed by atoms with E-state index in [4.69, 9.17) is 5.21 Å². The number of aryl methyl sites for hydroxylation is 1. The highest BCUT2D eigenvalue weighted by atomic mass is 32.2. The summed E-state index contributed by atoms with van der Waals surface area (Å²) in [6.07, 6.45) is 3.73. The van der Waals surface area contributed by atoms with Gasteiger partial charge in [-0.2, -0.15) is 0 Å². The maximum Gasteiger partial charge on any atom is 0.264 e. The van der Waals surface area contributed by atoms with E-state index in [-0.39, 0.29) is 18.5 Å². The summed E-state index contributed by atoms with van der Waals surface area (Å²) >= 11 is 0. The molecular formula is C18H20N6O5S. The standard InChI is InChI=1S/C18H20N6O5S/c1-18(17(26)20-27,30(2,28)29)8-10-23-9-7-14(11-16(23)25)13-3-5-15(6-4-13)24-12-19-21-22-24/h3-7,9,11-12,27H,8,10H2,1-2H3,(H,20,26). The lowest BCUT2D eigenvalue weighted by Crippen LogP contribution is -2.49. The first kappa shape index (κ1) is 21.3. The van der Waals surface area contributed by atoms with Crippen molar-refractivity contribution in [1.29, 1.82) is 0 Å². The van der Waals surface area contributed by atoms with Crippen LogP contribution in [-0.4, -0.2) is 55.3 Å². The number of nitrogens with one attached hydrogen (secondary N) is 1. The van der Waals surface area contributed by atoms with Crippen LogP contribution in [0.2, 0.25) is 0 Å². The number of sulfone groups is 1. The van der Waals surface area contributed by atoms with Gasteiger partial charge in [0, 0.05) is 25.1 Å². The molecule has 1 unspecified atom stereocenters. The normalized spacial score (nSPS) is 13.6. The Labute approximate surface area is 171 Å². The van der Waals surface area contributed by atoms with Gasteiger partial charge in [-0.1, -0.05) is 12.1 Å². The van der Waals surface area contributed by atoms with Crippen LogP contribution in [-0.2, 0) is 21.2 Å². The molecule has 30 heavy (non-hydrogen) atoms. The first-order valence-electron chi connectivity index (χ1n) is 8.84. The molecule has 1 atom stereocenters. The molecule has 1 aromatic carbocycles. The van der Waals surface area contributed by atoms with E-state index < -0.39 is 20.5 Å². The summed E-state index contributed by atoms with van der Waals surface area (Å²) < 4.78 is 25.0. The zero-order valence-electron chi connectivity index (χ0n) is 16.3. The highest BCUT2D eigenvalue weighted by molar-refractivity contribution is 7.92. The molecule has 0 saturated carbocycles. The first-order valence-corrected chi connectivity index (χ1v) is 10.7. The number of carbonyl (C=O) groups excluding carboxylic acids is 1. The van der Waals surface area contributed by atoms with Gasteiger partial charge in [-0.15, -0.1) is 5.10 Å². The van der Waals surface area contributed by atoms with E-state index in [2.05, 4.69) is 15.5 Å². The van der Waals surface area contributed by atoms with E-state index in [0.717, 1.165) is 17.5 Å². The predicted molar refractivity (Wildman–Crippen MR) is 107 cm³/mol. The number of pyridine rings is 1. The fourth-order valence-electron chi connectivity index (χ4n) is 2.88. The summed E-state index contributed by atoms with van der Waals surface area (Å²) in [4.78, 5) is 24.4. The molecule has 0 spiro atoms. The van der Waals surface area contributed by atoms with Gasteiger partial charge in [0.05, 0.1) is 5.69 Å². The number of amides is 1. The fourth-order valence-corrected chi connectivity index (χ4v) is 3.72. The number of hydrogen-bond donors (Lipinski definition) is 2. The molecule has 1 amide bonds. The van der Waals surface area contributed by atoms with Crippen LogP contribution in [0.15, 0.2) is 53.7 Å². The lowest BCUT2D eigenvalue weighted by Gasteiger charge is -2.25. The number of hydrogen-bond acceptors (Lipinski definition) is 8. The summed E-state index contributed by atoms with van der Waals surface area (Å²) in [6, 6.07) is 10.4. The minimum atomic E-state index is -3.84. The maximum absolute atomic E-state index is 12.5. The Kier molecular flexibility index (Phi) is 5.80. The van der Waals surface area contributed by atoms with Crippen molar-refractivity contribution < 1.29 is 18.4 Å². The minimum Gasteiger partial charge on any atom is -0.315 e. The SMILES string of the molecule is CC(CCn1ccc(-c2ccc(-n3cnnn3)cc2)cc1=O)(C(=O)NO)S(C)(=O)=O. The molecule has 3 aromatic rings. The summed E-state index contributed by atoms with van der Waals surface area (Å²) in [5, 5.41) is 19.8. The molecule has 158 valence electrons. The smallest absolute Gasteiger partial charge is 0.264 e. The monoisotopic (exact) mass is 432 g/mol. The van der Waals surface area contributed by atoms with Gasteiger partial charge < -0.3 is 4.57 Å². The maximum atomic E-state index is 12.5. The van der Waals surface area contributed by atoms with Crippen LogP contribution in [0.25, 0.3) is 16.8 Å². The molecule has 0 aliphatic rings. The second-order valence-electron chi connectivity index (χ2n) is 6.94. The van der Waals surface area contributed by atoms with Crippen molar-refractivity contribution in [3.05, 3.63) is 59.3 Å². The number of aromatic nitrogens is 5. The second kappa shape index (κ2) is 8.16. The highest BCUT2D eigenvalue weighted by Gasteiger charge is 2.43. The van der Waals surface area contributed by atoms with Crippen LogP contribution in [0.5, 0.6) is 0 Å². The van der Waals surface area contributed by atoms with Gasteiger partial charge in [0.2, 0.25) is 0 Å². The number of benzene rings is 1. The third-order valence-electron chi connectivity index (χ3n) is 5.04. The van der Waals surface area contributed by atoms with Crippen LogP contribution in [0.3, 0.4) is 0 Å². The van der Waals surface area contributed by atoms with Gasteiger partial charge in [0.25, 0.3) is 11.5 Å². The summed E-state index contributed by atoms with van der Waals surface area (Å²) in [6.45, 7) is 1.19. The molecule has 3 rings (SSSR count). The van der Waals surface area contributed by atoms with Crippen molar-refractivity contribution in [2.45, 2.75) is 24.6 Å². The average Bonchev–Trinajstić information content (AvgIpc) is 3.26. The molecule has 0 aliphatic heterocycles. The summed E-state index contributed by atoms with van der Waals surface area (Å²) in [7, 11) is -3.84. The van der Waals surface area contributed by atoms with Crippen LogP contribution in [0.4, 0.5) is 0 Å². The Morgan fingerprint density at radius 3 is 2.43 bits per heavy atom. The number of hydroxylamine groups is 1. The fraction of sp³-hybridized carbons (Fsp3) is 0.278. The quantitative estimate of drug-likeness (QED) is 0.397. The van der Waals surface area contributed by atoms with Gasteiger partial charge in [0.1, 0.15) is 6.33 Å². The van der Waals surface area contributed by atoms with Gasteiger partial charge in [-0.3, -0.25) is 14.8 Å². The first-order chi connectivity index (χ1) is 14.2. The molecule has 2 heterocycles. The average molecular weight is 432 g/mol. The van der Waals surface area contributed by atoms with Crippen molar-refractivity contribution >= 4 is 15.7 Å². The van der Waals surface area contributed by atoms with Crippen molar-refractivity contribution in [1.82, 2.24) is 30.3 Å². The molecule has 11 nitrogen and oxygen atoms in total. The van der Waals surface area contributed by atoms with Crippen LogP contribution in [0.1, 0.15) is 13.3 Å². The van der Waals surface area contributed by atoms with E-state index >= 15 is 0 Å². The molecule has 0 radical (unpaired) electrons. The molecule has 0 saturated heterocycles. The second-order valence-corrected chi connectivity index (χ2v) is 9.39. The molecular weight excluding hydrogens is 412 g/mol. The van der Waals surface area contributed by atoms with Crippen LogP contribution in [0, 0.1) is 0 Å². The third-order valence-corrected chi connectivity index (χ3v) is 7.07. The van der Waals surface area contributed by atoms with Crippen molar-refractivity contribution in [2.24, 2.45) is 0 Å². The highest BCUT2D eigenvalue weighted by Crippen LogP contribution is 2.23. The number of rotatable bonds is 7. The summed E-state index contributed by atoms with van der Waals surface area (Å²) in [5.41, 5.74) is 3.28. The van der Waals surface area contributed by atoms with Crippen molar-refractivity contribution in [2.75, 3.05) is 6.26 Å². The Hall–Kier alpha value is -3.38. The van der Waals surface area contributed by atoms with Gasteiger partial charge in [-0.05, 0) is 53.1 Å². The van der Waals surface area contributed by atoms with Gasteiger partial charge in [0.15, 0.2) is 14.6 Å². The topological polar surface area (TPSA) is 149 Å². The molecule has 0 fully saturated rings. The third kappa shape index (κ3) is 4.14. The van der Waals surface area contributed by atoms with Gasteiger partial charge >= 0.3 is 0 Å². The van der Waals surface area contributed by atoms with E-state index in [0.29, 0.717) is 5.56 Å².